The van der Waals surface area contributed by atoms with Gasteiger partial charge in [-0.3, -0.25) is 0 Å². The second-order valence-corrected chi connectivity index (χ2v) is 5.09. The van der Waals surface area contributed by atoms with E-state index in [4.69, 9.17) is 0 Å². The van der Waals surface area contributed by atoms with Crippen molar-refractivity contribution in [3.8, 4) is 0 Å². The van der Waals surface area contributed by atoms with Crippen LogP contribution in [0.4, 0.5) is 5.82 Å². The number of hydrogen-bond donors (Lipinski definition) is 1. The van der Waals surface area contributed by atoms with Crippen LogP contribution in [0.1, 0.15) is 6.92 Å². The Kier molecular flexibility index (Phi) is 3.65. The molecule has 0 saturated heterocycles. The Morgan fingerprint density at radius 1 is 1.47 bits per heavy atom. The van der Waals surface area contributed by atoms with Crippen LogP contribution in [0.5, 0.6) is 0 Å². The highest BCUT2D eigenvalue weighted by molar-refractivity contribution is 7.89. The van der Waals surface area contributed by atoms with Crippen LogP contribution >= 0.6 is 0 Å². The summed E-state index contributed by atoms with van der Waals surface area (Å²) in [4.78, 5) is 4.18. The van der Waals surface area contributed by atoms with E-state index in [9.17, 15) is 8.42 Å². The van der Waals surface area contributed by atoms with Gasteiger partial charge in [-0.25, -0.2) is 17.7 Å². The quantitative estimate of drug-likeness (QED) is 0.828. The van der Waals surface area contributed by atoms with Crippen molar-refractivity contribution in [3.63, 3.8) is 0 Å². The molecule has 1 aromatic heterocycles. The fourth-order valence-corrected chi connectivity index (χ4v) is 2.16. The molecule has 0 aliphatic carbocycles. The van der Waals surface area contributed by atoms with Gasteiger partial charge in [-0.1, -0.05) is 6.92 Å². The Balaban J connectivity index is 3.06. The molecule has 0 radical (unpaired) electrons. The molecule has 15 heavy (non-hydrogen) atoms. The Morgan fingerprint density at radius 3 is 2.53 bits per heavy atom. The number of rotatable bonds is 4. The fourth-order valence-electron chi connectivity index (χ4n) is 1.03. The van der Waals surface area contributed by atoms with Gasteiger partial charge in [0.2, 0.25) is 10.0 Å². The lowest BCUT2D eigenvalue weighted by Crippen LogP contribution is -2.26. The summed E-state index contributed by atoms with van der Waals surface area (Å²) in [6.45, 7) is 2.23. The molecule has 0 spiro atoms. The van der Waals surface area contributed by atoms with Gasteiger partial charge in [0.1, 0.15) is 10.7 Å². The smallest absolute Gasteiger partial charge is 0.244 e. The molecule has 0 atom stereocenters. The minimum atomic E-state index is -3.37. The third-order valence-corrected chi connectivity index (χ3v) is 4.06. The van der Waals surface area contributed by atoms with E-state index < -0.39 is 10.0 Å². The number of anilines is 1. The first kappa shape index (κ1) is 11.9. The van der Waals surface area contributed by atoms with Crippen LogP contribution in [-0.2, 0) is 10.0 Å². The highest BCUT2D eigenvalue weighted by Gasteiger charge is 2.19. The van der Waals surface area contributed by atoms with Crippen LogP contribution in [0, 0.1) is 0 Å². The number of aromatic nitrogens is 1. The second-order valence-electron chi connectivity index (χ2n) is 3.05. The van der Waals surface area contributed by atoms with Gasteiger partial charge in [-0.15, -0.1) is 0 Å². The summed E-state index contributed by atoms with van der Waals surface area (Å²) in [7, 11) is -0.0972. The van der Waals surface area contributed by atoms with Gasteiger partial charge in [-0.2, -0.15) is 0 Å². The van der Waals surface area contributed by atoms with Gasteiger partial charge in [0.05, 0.1) is 0 Å². The molecule has 0 unspecified atom stereocenters. The Labute approximate surface area is 90.2 Å². The van der Waals surface area contributed by atoms with E-state index in [2.05, 4.69) is 10.3 Å². The molecule has 5 nitrogen and oxygen atoms in total. The van der Waals surface area contributed by atoms with Gasteiger partial charge in [0, 0.05) is 26.8 Å². The van der Waals surface area contributed by atoms with Crippen molar-refractivity contribution < 1.29 is 8.42 Å². The maximum Gasteiger partial charge on any atom is 0.244 e. The summed E-state index contributed by atoms with van der Waals surface area (Å²) in [6.07, 6.45) is 1.35. The highest BCUT2D eigenvalue weighted by atomic mass is 32.2. The number of hydrogen-bond acceptors (Lipinski definition) is 4. The Hall–Kier alpha value is -1.14. The summed E-state index contributed by atoms with van der Waals surface area (Å²) in [5.41, 5.74) is 0. The Bertz CT molecular complexity index is 413. The van der Waals surface area contributed by atoms with Crippen molar-refractivity contribution in [2.24, 2.45) is 0 Å². The summed E-state index contributed by atoms with van der Waals surface area (Å²) < 4.78 is 24.9. The highest BCUT2D eigenvalue weighted by Crippen LogP contribution is 2.14. The van der Waals surface area contributed by atoms with E-state index in [0.29, 0.717) is 12.4 Å². The average Bonchev–Trinajstić information content (AvgIpc) is 2.28. The van der Waals surface area contributed by atoms with Gasteiger partial charge < -0.3 is 5.32 Å². The predicted octanol–water partition coefficient (Wildman–Crippen LogP) is 0.764. The van der Waals surface area contributed by atoms with E-state index in [-0.39, 0.29) is 4.90 Å². The minimum absolute atomic E-state index is 0.214. The monoisotopic (exact) mass is 229 g/mol. The molecule has 1 rings (SSSR count). The number of nitrogens with one attached hydrogen (secondary N) is 1. The molecular formula is C9H15N3O2S. The van der Waals surface area contributed by atoms with Gasteiger partial charge in [0.15, 0.2) is 0 Å². The standard InChI is InChI=1S/C9H15N3O2S/c1-4-12(3)15(13,14)8-5-6-9(10-2)11-7-8/h5-7H,4H2,1-3H3,(H,10,11). The molecule has 0 saturated carbocycles. The number of pyridine rings is 1. The molecular weight excluding hydrogens is 214 g/mol. The number of sulfonamides is 1. The largest absolute Gasteiger partial charge is 0.373 e. The zero-order valence-electron chi connectivity index (χ0n) is 9.06. The zero-order chi connectivity index (χ0) is 11.5. The van der Waals surface area contributed by atoms with Crippen LogP contribution in [0.15, 0.2) is 23.2 Å². The lowest BCUT2D eigenvalue weighted by atomic mass is 10.5. The van der Waals surface area contributed by atoms with Crippen molar-refractivity contribution in [3.05, 3.63) is 18.3 Å². The third kappa shape index (κ3) is 2.45. The van der Waals surface area contributed by atoms with Crippen LogP contribution in [0.2, 0.25) is 0 Å². The molecule has 1 N–H and O–H groups in total. The van der Waals surface area contributed by atoms with Crippen LogP contribution < -0.4 is 5.32 Å². The zero-order valence-corrected chi connectivity index (χ0v) is 9.87. The van der Waals surface area contributed by atoms with Crippen LogP contribution in [-0.4, -0.2) is 38.3 Å². The van der Waals surface area contributed by atoms with Gasteiger partial charge in [0.25, 0.3) is 0 Å². The summed E-state index contributed by atoms with van der Waals surface area (Å²) >= 11 is 0. The molecule has 84 valence electrons. The van der Waals surface area contributed by atoms with E-state index in [1.54, 1.807) is 33.2 Å². The molecule has 6 heteroatoms. The SMILES string of the molecule is CCN(C)S(=O)(=O)c1ccc(NC)nc1. The third-order valence-electron chi connectivity index (χ3n) is 2.15. The Morgan fingerprint density at radius 2 is 2.13 bits per heavy atom. The lowest BCUT2D eigenvalue weighted by molar-refractivity contribution is 0.486. The molecule has 0 fully saturated rings. The maximum absolute atomic E-state index is 11.8. The second kappa shape index (κ2) is 4.59. The van der Waals surface area contributed by atoms with Crippen molar-refractivity contribution in [1.82, 2.24) is 9.29 Å². The average molecular weight is 229 g/mol. The van der Waals surface area contributed by atoms with Crippen LogP contribution in [0.3, 0.4) is 0 Å². The van der Waals surface area contributed by atoms with E-state index in [1.165, 1.54) is 10.5 Å². The molecule has 0 bridgehead atoms. The summed E-state index contributed by atoms with van der Waals surface area (Å²) in [5, 5.41) is 2.83. The van der Waals surface area contributed by atoms with Crippen molar-refractivity contribution in [2.45, 2.75) is 11.8 Å². The maximum atomic E-state index is 11.8. The van der Waals surface area contributed by atoms with Crippen LogP contribution in [0.25, 0.3) is 0 Å². The molecule has 0 aliphatic heterocycles. The van der Waals surface area contributed by atoms with E-state index in [0.717, 1.165) is 0 Å². The molecule has 0 amide bonds. The van der Waals surface area contributed by atoms with Gasteiger partial charge >= 0.3 is 0 Å². The molecule has 0 aromatic carbocycles. The summed E-state index contributed by atoms with van der Waals surface area (Å²) in [6, 6.07) is 3.18. The first-order valence-corrected chi connectivity index (χ1v) is 6.06. The first-order chi connectivity index (χ1) is 7.02. The van der Waals surface area contributed by atoms with Crippen molar-refractivity contribution in [2.75, 3.05) is 26.0 Å². The first-order valence-electron chi connectivity index (χ1n) is 4.62. The fraction of sp³-hybridized carbons (Fsp3) is 0.444. The van der Waals surface area contributed by atoms with Gasteiger partial charge in [-0.05, 0) is 12.1 Å². The lowest BCUT2D eigenvalue weighted by Gasteiger charge is -2.14. The minimum Gasteiger partial charge on any atom is -0.373 e. The number of nitrogens with zero attached hydrogens (tertiary/aromatic N) is 2. The molecule has 1 heterocycles. The molecule has 0 aliphatic rings. The van der Waals surface area contributed by atoms with E-state index in [1.807, 2.05) is 0 Å². The predicted molar refractivity (Wildman–Crippen MR) is 59.3 cm³/mol. The normalized spacial score (nSPS) is 11.7. The molecule has 1 aromatic rings. The van der Waals surface area contributed by atoms with Crippen molar-refractivity contribution in [1.29, 1.82) is 0 Å². The van der Waals surface area contributed by atoms with Crippen molar-refractivity contribution >= 4 is 15.8 Å². The topological polar surface area (TPSA) is 62.3 Å². The van der Waals surface area contributed by atoms with E-state index >= 15 is 0 Å². The summed E-state index contributed by atoms with van der Waals surface area (Å²) in [5.74, 6) is 0.646.